The van der Waals surface area contributed by atoms with Crippen LogP contribution < -0.4 is 5.32 Å². The fourth-order valence-electron chi connectivity index (χ4n) is 2.51. The molecule has 4 rings (SSSR count). The van der Waals surface area contributed by atoms with Gasteiger partial charge in [0.25, 0.3) is 0 Å². The molecule has 0 amide bonds. The summed E-state index contributed by atoms with van der Waals surface area (Å²) in [7, 11) is 0. The standard InChI is InChI=1S/C18H12ClN3O2S2/c19-11-7-5-10(6-8-11)16-14(9-15(23)24)26-18(21-16)22-17-20-12-3-1-2-4-13(12)25-17/h1-8H,9H2,(H,23,24)(H,20,21,22). The highest BCUT2D eigenvalue weighted by Crippen LogP contribution is 2.35. The Morgan fingerprint density at radius 2 is 1.77 bits per heavy atom. The van der Waals surface area contributed by atoms with Crippen LogP contribution in [0.4, 0.5) is 10.3 Å². The Morgan fingerprint density at radius 3 is 2.50 bits per heavy atom. The summed E-state index contributed by atoms with van der Waals surface area (Å²) < 4.78 is 1.08. The number of benzene rings is 2. The maximum Gasteiger partial charge on any atom is 0.308 e. The molecular formula is C18H12ClN3O2S2. The minimum atomic E-state index is -0.893. The Balaban J connectivity index is 1.69. The highest BCUT2D eigenvalue weighted by Gasteiger charge is 2.17. The van der Waals surface area contributed by atoms with E-state index in [1.54, 1.807) is 12.1 Å². The van der Waals surface area contributed by atoms with Crippen molar-refractivity contribution in [2.45, 2.75) is 6.42 Å². The third kappa shape index (κ3) is 3.55. The van der Waals surface area contributed by atoms with E-state index in [0.717, 1.165) is 20.9 Å². The number of thiazole rings is 2. The first-order chi connectivity index (χ1) is 12.6. The normalized spacial score (nSPS) is 11.0. The summed E-state index contributed by atoms with van der Waals surface area (Å²) >= 11 is 8.80. The number of hydrogen-bond acceptors (Lipinski definition) is 6. The van der Waals surface area contributed by atoms with E-state index in [0.29, 0.717) is 20.7 Å². The molecule has 0 spiro atoms. The average Bonchev–Trinajstić information content (AvgIpc) is 3.18. The van der Waals surface area contributed by atoms with Gasteiger partial charge in [-0.1, -0.05) is 47.2 Å². The molecule has 8 heteroatoms. The summed E-state index contributed by atoms with van der Waals surface area (Å²) in [6.07, 6.45) is -0.0862. The van der Waals surface area contributed by atoms with Gasteiger partial charge in [-0.25, -0.2) is 9.97 Å². The lowest BCUT2D eigenvalue weighted by molar-refractivity contribution is -0.136. The molecule has 0 saturated carbocycles. The molecule has 0 aliphatic heterocycles. The molecule has 0 aliphatic carbocycles. The molecule has 0 aliphatic rings. The first kappa shape index (κ1) is 17.0. The summed E-state index contributed by atoms with van der Waals surface area (Å²) in [5, 5.41) is 14.4. The Labute approximate surface area is 161 Å². The first-order valence-electron chi connectivity index (χ1n) is 7.68. The monoisotopic (exact) mass is 401 g/mol. The Morgan fingerprint density at radius 1 is 1.04 bits per heavy atom. The van der Waals surface area contributed by atoms with E-state index in [1.807, 2.05) is 36.4 Å². The van der Waals surface area contributed by atoms with Crippen LogP contribution in [-0.4, -0.2) is 21.0 Å². The Hall–Kier alpha value is -2.48. The minimum Gasteiger partial charge on any atom is -0.481 e. The highest BCUT2D eigenvalue weighted by molar-refractivity contribution is 7.22. The molecule has 2 aromatic carbocycles. The zero-order valence-electron chi connectivity index (χ0n) is 13.3. The van der Waals surface area contributed by atoms with Crippen LogP contribution in [0.25, 0.3) is 21.5 Å². The predicted octanol–water partition coefficient (Wildman–Crippen LogP) is 5.44. The van der Waals surface area contributed by atoms with Crippen molar-refractivity contribution >= 4 is 60.7 Å². The molecule has 0 radical (unpaired) electrons. The molecule has 4 aromatic rings. The van der Waals surface area contributed by atoms with Gasteiger partial charge in [-0.3, -0.25) is 4.79 Å². The van der Waals surface area contributed by atoms with Crippen LogP contribution in [0.1, 0.15) is 4.88 Å². The fraction of sp³-hybridized carbons (Fsp3) is 0.0556. The molecule has 130 valence electrons. The van der Waals surface area contributed by atoms with E-state index in [2.05, 4.69) is 15.3 Å². The number of carboxylic acids is 1. The molecule has 26 heavy (non-hydrogen) atoms. The lowest BCUT2D eigenvalue weighted by Gasteiger charge is -2.00. The van der Waals surface area contributed by atoms with Gasteiger partial charge in [-0.15, -0.1) is 11.3 Å². The molecule has 5 nitrogen and oxygen atoms in total. The lowest BCUT2D eigenvalue weighted by Crippen LogP contribution is -1.99. The van der Waals surface area contributed by atoms with E-state index in [9.17, 15) is 9.90 Å². The number of nitrogens with zero attached hydrogens (tertiary/aromatic N) is 2. The molecule has 0 unspecified atom stereocenters. The Kier molecular flexibility index (Phi) is 4.58. The van der Waals surface area contributed by atoms with E-state index in [-0.39, 0.29) is 6.42 Å². The van der Waals surface area contributed by atoms with Crippen molar-refractivity contribution in [2.75, 3.05) is 5.32 Å². The van der Waals surface area contributed by atoms with Crippen molar-refractivity contribution in [1.82, 2.24) is 9.97 Å². The summed E-state index contributed by atoms with van der Waals surface area (Å²) in [5.74, 6) is -0.893. The van der Waals surface area contributed by atoms with Crippen LogP contribution in [0.15, 0.2) is 48.5 Å². The van der Waals surface area contributed by atoms with Gasteiger partial charge in [0.2, 0.25) is 0 Å². The number of para-hydroxylation sites is 1. The van der Waals surface area contributed by atoms with Gasteiger partial charge in [0.1, 0.15) is 0 Å². The third-order valence-electron chi connectivity index (χ3n) is 3.63. The van der Waals surface area contributed by atoms with Crippen molar-refractivity contribution in [1.29, 1.82) is 0 Å². The second kappa shape index (κ2) is 7.03. The van der Waals surface area contributed by atoms with Crippen molar-refractivity contribution in [3.8, 4) is 11.3 Å². The topological polar surface area (TPSA) is 75.1 Å². The number of hydrogen-bond donors (Lipinski definition) is 2. The number of fused-ring (bicyclic) bond motifs is 1. The maximum atomic E-state index is 11.2. The number of carbonyl (C=O) groups is 1. The van der Waals surface area contributed by atoms with Gasteiger partial charge in [0, 0.05) is 15.5 Å². The van der Waals surface area contributed by atoms with Gasteiger partial charge in [-0.2, -0.15) is 0 Å². The van der Waals surface area contributed by atoms with Crippen LogP contribution in [0.5, 0.6) is 0 Å². The smallest absolute Gasteiger partial charge is 0.308 e. The third-order valence-corrected chi connectivity index (χ3v) is 5.81. The van der Waals surface area contributed by atoms with Gasteiger partial charge in [0.15, 0.2) is 10.3 Å². The molecule has 2 aromatic heterocycles. The molecule has 2 N–H and O–H groups in total. The molecule has 0 bridgehead atoms. The number of carboxylic acid groups (broad SMARTS) is 1. The zero-order valence-corrected chi connectivity index (χ0v) is 15.7. The highest BCUT2D eigenvalue weighted by atomic mass is 35.5. The van der Waals surface area contributed by atoms with Crippen molar-refractivity contribution in [2.24, 2.45) is 0 Å². The van der Waals surface area contributed by atoms with E-state index >= 15 is 0 Å². The number of halogens is 1. The second-order valence-corrected chi connectivity index (χ2v) is 8.03. The van der Waals surface area contributed by atoms with Gasteiger partial charge in [-0.05, 0) is 24.3 Å². The largest absolute Gasteiger partial charge is 0.481 e. The number of rotatable bonds is 5. The lowest BCUT2D eigenvalue weighted by atomic mass is 10.1. The van der Waals surface area contributed by atoms with Gasteiger partial charge >= 0.3 is 5.97 Å². The minimum absolute atomic E-state index is 0.0862. The summed E-state index contributed by atoms with van der Waals surface area (Å²) in [4.78, 5) is 21.0. The Bertz CT molecular complexity index is 1060. The first-order valence-corrected chi connectivity index (χ1v) is 9.69. The second-order valence-electron chi connectivity index (χ2n) is 5.48. The van der Waals surface area contributed by atoms with Crippen molar-refractivity contribution in [3.05, 3.63) is 58.4 Å². The number of nitrogens with one attached hydrogen (secondary N) is 1. The molecule has 0 saturated heterocycles. The van der Waals surface area contributed by atoms with Crippen molar-refractivity contribution in [3.63, 3.8) is 0 Å². The van der Waals surface area contributed by atoms with Crippen LogP contribution >= 0.6 is 34.3 Å². The summed E-state index contributed by atoms with van der Waals surface area (Å²) in [5.41, 5.74) is 2.40. The van der Waals surface area contributed by atoms with Gasteiger partial charge < -0.3 is 10.4 Å². The number of anilines is 2. The zero-order chi connectivity index (χ0) is 18.1. The van der Waals surface area contributed by atoms with Crippen molar-refractivity contribution < 1.29 is 9.90 Å². The van der Waals surface area contributed by atoms with Crippen LogP contribution in [0.2, 0.25) is 5.02 Å². The SMILES string of the molecule is O=C(O)Cc1sc(Nc2nc3ccccc3s2)nc1-c1ccc(Cl)cc1. The summed E-state index contributed by atoms with van der Waals surface area (Å²) in [6.45, 7) is 0. The van der Waals surface area contributed by atoms with E-state index in [1.165, 1.54) is 22.7 Å². The van der Waals surface area contributed by atoms with Crippen LogP contribution in [-0.2, 0) is 11.2 Å². The molecular weight excluding hydrogens is 390 g/mol. The van der Waals surface area contributed by atoms with E-state index in [4.69, 9.17) is 11.6 Å². The van der Waals surface area contributed by atoms with E-state index < -0.39 is 5.97 Å². The van der Waals surface area contributed by atoms with Crippen LogP contribution in [0.3, 0.4) is 0 Å². The quantitative estimate of drug-likeness (QED) is 0.465. The predicted molar refractivity (Wildman–Crippen MR) is 107 cm³/mol. The molecule has 0 atom stereocenters. The molecule has 2 heterocycles. The van der Waals surface area contributed by atoms with Gasteiger partial charge in [0.05, 0.1) is 22.3 Å². The molecule has 0 fully saturated rings. The fourth-order valence-corrected chi connectivity index (χ4v) is 4.54. The average molecular weight is 402 g/mol. The summed E-state index contributed by atoms with van der Waals surface area (Å²) in [6, 6.07) is 15.1. The maximum absolute atomic E-state index is 11.2. The van der Waals surface area contributed by atoms with Crippen LogP contribution in [0, 0.1) is 0 Å². The number of aliphatic carboxylic acids is 1. The number of aromatic nitrogens is 2.